The van der Waals surface area contributed by atoms with Crippen LogP contribution in [0.5, 0.6) is 11.5 Å². The molecule has 3 aliphatic rings. The molecule has 0 unspecified atom stereocenters. The minimum atomic E-state index is -0.802. The van der Waals surface area contributed by atoms with E-state index in [1.54, 1.807) is 0 Å². The van der Waals surface area contributed by atoms with Crippen LogP contribution in [0, 0.1) is 0 Å². The molecule has 2 aliphatic heterocycles. The zero-order valence-electron chi connectivity index (χ0n) is 17.6. The van der Waals surface area contributed by atoms with Crippen molar-refractivity contribution >= 4 is 0 Å². The van der Waals surface area contributed by atoms with Gasteiger partial charge in [-0.1, -0.05) is 36.4 Å². The van der Waals surface area contributed by atoms with Crippen LogP contribution in [-0.4, -0.2) is 54.9 Å². The van der Waals surface area contributed by atoms with Crippen molar-refractivity contribution < 1.29 is 14.6 Å². The molecule has 5 heteroatoms. The first kappa shape index (κ1) is 19.9. The van der Waals surface area contributed by atoms with E-state index >= 15 is 0 Å². The summed E-state index contributed by atoms with van der Waals surface area (Å²) in [6, 6.07) is 16.8. The number of piperazine rings is 1. The lowest BCUT2D eigenvalue weighted by Crippen LogP contribution is -2.59. The van der Waals surface area contributed by atoms with E-state index in [0.717, 1.165) is 75.3 Å². The molecule has 5 rings (SSSR count). The Bertz CT molecular complexity index is 856. The van der Waals surface area contributed by atoms with Crippen LogP contribution < -0.4 is 14.8 Å². The number of nitrogens with zero attached hydrogens (tertiary/aromatic N) is 1. The van der Waals surface area contributed by atoms with Gasteiger partial charge in [0.2, 0.25) is 0 Å². The van der Waals surface area contributed by atoms with Crippen molar-refractivity contribution in [1.82, 2.24) is 10.2 Å². The van der Waals surface area contributed by atoms with Crippen LogP contribution in [0.1, 0.15) is 36.8 Å². The van der Waals surface area contributed by atoms with Crippen molar-refractivity contribution in [3.63, 3.8) is 0 Å². The number of ether oxygens (including phenoxy) is 2. The third-order valence-electron chi connectivity index (χ3n) is 7.25. The quantitative estimate of drug-likeness (QED) is 0.814. The molecule has 0 radical (unpaired) electrons. The van der Waals surface area contributed by atoms with Crippen LogP contribution in [0.15, 0.2) is 48.5 Å². The Morgan fingerprint density at radius 1 is 0.867 bits per heavy atom. The zero-order valence-corrected chi connectivity index (χ0v) is 17.6. The summed E-state index contributed by atoms with van der Waals surface area (Å²) in [5.74, 6) is 1.54. The number of hydrogen-bond donors (Lipinski definition) is 2. The van der Waals surface area contributed by atoms with Crippen LogP contribution in [0.2, 0.25) is 0 Å². The van der Waals surface area contributed by atoms with Gasteiger partial charge in [-0.25, -0.2) is 0 Å². The molecule has 0 aromatic heterocycles. The van der Waals surface area contributed by atoms with Crippen LogP contribution in [-0.2, 0) is 12.0 Å². The summed E-state index contributed by atoms with van der Waals surface area (Å²) in [7, 11) is 0. The molecule has 0 bridgehead atoms. The monoisotopic (exact) mass is 408 g/mol. The normalized spacial score (nSPS) is 29.5. The van der Waals surface area contributed by atoms with E-state index in [1.807, 2.05) is 18.2 Å². The molecule has 2 aromatic carbocycles. The Labute approximate surface area is 179 Å². The molecule has 5 nitrogen and oxygen atoms in total. The van der Waals surface area contributed by atoms with Gasteiger partial charge >= 0.3 is 0 Å². The molecule has 0 spiro atoms. The molecule has 30 heavy (non-hydrogen) atoms. The smallest absolute Gasteiger partial charge is 0.161 e. The van der Waals surface area contributed by atoms with Gasteiger partial charge in [0.25, 0.3) is 0 Å². The van der Waals surface area contributed by atoms with Crippen molar-refractivity contribution in [3.05, 3.63) is 59.7 Å². The highest BCUT2D eigenvalue weighted by Crippen LogP contribution is 2.47. The maximum absolute atomic E-state index is 11.6. The second kappa shape index (κ2) is 8.22. The number of rotatable bonds is 4. The Morgan fingerprint density at radius 2 is 1.57 bits per heavy atom. The van der Waals surface area contributed by atoms with Crippen molar-refractivity contribution in [2.75, 3.05) is 39.4 Å². The second-order valence-electron chi connectivity index (χ2n) is 9.01. The summed E-state index contributed by atoms with van der Waals surface area (Å²) >= 11 is 0. The van der Waals surface area contributed by atoms with Crippen molar-refractivity contribution in [2.45, 2.75) is 43.2 Å². The first-order valence-electron chi connectivity index (χ1n) is 11.3. The molecule has 160 valence electrons. The highest BCUT2D eigenvalue weighted by Gasteiger charge is 2.46. The fraction of sp³-hybridized carbons (Fsp3) is 0.520. The van der Waals surface area contributed by atoms with Crippen molar-refractivity contribution in [1.29, 1.82) is 0 Å². The molecule has 2 heterocycles. The van der Waals surface area contributed by atoms with Gasteiger partial charge < -0.3 is 19.9 Å². The SMILES string of the molecule is OC1(c2ccc3c(c2)OCCO3)CCC(Cc2ccccc2)(N2CCNCC2)CC1. The van der Waals surface area contributed by atoms with Gasteiger partial charge in [-0.3, -0.25) is 4.90 Å². The highest BCUT2D eigenvalue weighted by molar-refractivity contribution is 5.45. The molecule has 1 saturated heterocycles. The van der Waals surface area contributed by atoms with Crippen molar-refractivity contribution in [3.8, 4) is 11.5 Å². The lowest BCUT2D eigenvalue weighted by Gasteiger charge is -2.52. The van der Waals surface area contributed by atoms with E-state index in [9.17, 15) is 5.11 Å². The predicted molar refractivity (Wildman–Crippen MR) is 117 cm³/mol. The lowest BCUT2D eigenvalue weighted by atomic mass is 9.68. The number of hydrogen-bond acceptors (Lipinski definition) is 5. The molecule has 0 atom stereocenters. The summed E-state index contributed by atoms with van der Waals surface area (Å²) in [5.41, 5.74) is 1.66. The molecule has 2 aromatic rings. The van der Waals surface area contributed by atoms with Crippen molar-refractivity contribution in [2.24, 2.45) is 0 Å². The molecule has 1 saturated carbocycles. The lowest BCUT2D eigenvalue weighted by molar-refractivity contribution is -0.0629. The fourth-order valence-corrected chi connectivity index (χ4v) is 5.47. The van der Waals surface area contributed by atoms with E-state index in [2.05, 4.69) is 40.5 Å². The summed E-state index contributed by atoms with van der Waals surface area (Å²) in [6.07, 6.45) is 4.57. The number of benzene rings is 2. The average Bonchev–Trinajstić information content (AvgIpc) is 2.82. The van der Waals surface area contributed by atoms with Gasteiger partial charge in [0, 0.05) is 31.7 Å². The van der Waals surface area contributed by atoms with Gasteiger partial charge in [0.05, 0.1) is 5.60 Å². The molecule has 0 amide bonds. The summed E-state index contributed by atoms with van der Waals surface area (Å²) in [5, 5.41) is 15.1. The van der Waals surface area contributed by atoms with Gasteiger partial charge in [0.15, 0.2) is 11.5 Å². The van der Waals surface area contributed by atoms with E-state index in [4.69, 9.17) is 9.47 Å². The Hall–Kier alpha value is -2.08. The Balaban J connectivity index is 1.38. The minimum Gasteiger partial charge on any atom is -0.486 e. The minimum absolute atomic E-state index is 0.115. The Morgan fingerprint density at radius 3 is 2.30 bits per heavy atom. The van der Waals surface area contributed by atoms with E-state index in [-0.39, 0.29) is 5.54 Å². The fourth-order valence-electron chi connectivity index (χ4n) is 5.47. The van der Waals surface area contributed by atoms with Gasteiger partial charge in [-0.05, 0) is 55.4 Å². The summed E-state index contributed by atoms with van der Waals surface area (Å²) < 4.78 is 11.4. The maximum Gasteiger partial charge on any atom is 0.161 e. The Kier molecular flexibility index (Phi) is 5.44. The number of aliphatic hydroxyl groups is 1. The molecule has 2 fully saturated rings. The zero-order chi connectivity index (χ0) is 20.4. The largest absolute Gasteiger partial charge is 0.486 e. The molecule has 2 N–H and O–H groups in total. The van der Waals surface area contributed by atoms with Crippen LogP contribution in [0.4, 0.5) is 0 Å². The standard InChI is InChI=1S/C25H32N2O3/c28-25(21-6-7-22-23(18-21)30-17-16-29-22)10-8-24(9-11-25,27-14-12-26-13-15-27)19-20-4-2-1-3-5-20/h1-7,18,26,28H,8-17,19H2. The highest BCUT2D eigenvalue weighted by atomic mass is 16.6. The molecule has 1 aliphatic carbocycles. The van der Waals surface area contributed by atoms with E-state index in [1.165, 1.54) is 5.56 Å². The summed E-state index contributed by atoms with van der Waals surface area (Å²) in [6.45, 7) is 5.40. The third kappa shape index (κ3) is 3.82. The molecular formula is C25H32N2O3. The third-order valence-corrected chi connectivity index (χ3v) is 7.25. The van der Waals surface area contributed by atoms with Crippen LogP contribution in [0.3, 0.4) is 0 Å². The van der Waals surface area contributed by atoms with E-state index in [0.29, 0.717) is 13.2 Å². The van der Waals surface area contributed by atoms with Gasteiger partial charge in [-0.15, -0.1) is 0 Å². The second-order valence-corrected chi connectivity index (χ2v) is 9.01. The van der Waals surface area contributed by atoms with E-state index < -0.39 is 5.60 Å². The maximum atomic E-state index is 11.6. The average molecular weight is 409 g/mol. The number of nitrogens with one attached hydrogen (secondary N) is 1. The first-order chi connectivity index (χ1) is 14.7. The topological polar surface area (TPSA) is 54.0 Å². The van der Waals surface area contributed by atoms with Gasteiger partial charge in [0.1, 0.15) is 13.2 Å². The first-order valence-corrected chi connectivity index (χ1v) is 11.3. The van der Waals surface area contributed by atoms with Crippen LogP contribution in [0.25, 0.3) is 0 Å². The van der Waals surface area contributed by atoms with Crippen LogP contribution >= 0.6 is 0 Å². The predicted octanol–water partition coefficient (Wildman–Crippen LogP) is 3.11. The summed E-state index contributed by atoms with van der Waals surface area (Å²) in [4.78, 5) is 2.68. The molecular weight excluding hydrogens is 376 g/mol. The number of fused-ring (bicyclic) bond motifs is 1. The van der Waals surface area contributed by atoms with Gasteiger partial charge in [-0.2, -0.15) is 0 Å².